The number of rotatable bonds is 7. The summed E-state index contributed by atoms with van der Waals surface area (Å²) < 4.78 is 5.90. The number of hydrogen-bond acceptors (Lipinski definition) is 2. The number of hydrogen-bond donors (Lipinski definition) is 0. The van der Waals surface area contributed by atoms with Crippen LogP contribution in [-0.4, -0.2) is 23.0 Å². The number of benzene rings is 2. The summed E-state index contributed by atoms with van der Waals surface area (Å²) in [4.78, 5) is 14.8. The van der Waals surface area contributed by atoms with Gasteiger partial charge in [-0.3, -0.25) is 4.79 Å². The van der Waals surface area contributed by atoms with E-state index >= 15 is 0 Å². The second-order valence-electron chi connectivity index (χ2n) is 5.87. The average molecular weight is 311 g/mol. The zero-order valence-corrected chi connectivity index (χ0v) is 14.1. The van der Waals surface area contributed by atoms with Crippen LogP contribution in [0.4, 0.5) is 0 Å². The van der Waals surface area contributed by atoms with Crippen molar-refractivity contribution in [1.82, 2.24) is 4.90 Å². The van der Waals surface area contributed by atoms with Gasteiger partial charge in [0.25, 0.3) is 5.91 Å². The SMILES string of the molecule is CCC(Oc1ccccc1)C(=O)N(Cc1ccccc1)C(C)C. The van der Waals surface area contributed by atoms with E-state index in [1.165, 1.54) is 0 Å². The van der Waals surface area contributed by atoms with E-state index in [0.29, 0.717) is 13.0 Å². The monoisotopic (exact) mass is 311 g/mol. The van der Waals surface area contributed by atoms with Crippen LogP contribution in [0.2, 0.25) is 0 Å². The Morgan fingerprint density at radius 1 is 1.00 bits per heavy atom. The van der Waals surface area contributed by atoms with Gasteiger partial charge in [0.1, 0.15) is 5.75 Å². The molecule has 0 heterocycles. The summed E-state index contributed by atoms with van der Waals surface area (Å²) in [6.45, 7) is 6.66. The minimum Gasteiger partial charge on any atom is -0.481 e. The van der Waals surface area contributed by atoms with Crippen LogP contribution in [0.15, 0.2) is 60.7 Å². The summed E-state index contributed by atoms with van der Waals surface area (Å²) in [7, 11) is 0. The highest BCUT2D eigenvalue weighted by atomic mass is 16.5. The molecule has 122 valence electrons. The molecule has 2 rings (SSSR count). The Hall–Kier alpha value is -2.29. The van der Waals surface area contributed by atoms with Crippen molar-refractivity contribution >= 4 is 5.91 Å². The van der Waals surface area contributed by atoms with Gasteiger partial charge in [-0.1, -0.05) is 55.5 Å². The molecule has 2 aromatic rings. The lowest BCUT2D eigenvalue weighted by Crippen LogP contribution is -2.44. The molecule has 0 aliphatic rings. The lowest BCUT2D eigenvalue weighted by molar-refractivity contribution is -0.141. The zero-order chi connectivity index (χ0) is 16.7. The van der Waals surface area contributed by atoms with Crippen LogP contribution in [0.25, 0.3) is 0 Å². The fraction of sp³-hybridized carbons (Fsp3) is 0.350. The Morgan fingerprint density at radius 2 is 1.57 bits per heavy atom. The summed E-state index contributed by atoms with van der Waals surface area (Å²) in [5, 5.41) is 0. The second kappa shape index (κ2) is 8.37. The van der Waals surface area contributed by atoms with Crippen molar-refractivity contribution in [1.29, 1.82) is 0 Å². The fourth-order valence-corrected chi connectivity index (χ4v) is 2.45. The summed E-state index contributed by atoms with van der Waals surface area (Å²) in [5.41, 5.74) is 1.13. The molecule has 0 saturated heterocycles. The highest BCUT2D eigenvalue weighted by Gasteiger charge is 2.26. The Bertz CT molecular complexity index is 596. The van der Waals surface area contributed by atoms with Crippen molar-refractivity contribution < 1.29 is 9.53 Å². The molecule has 0 aliphatic heterocycles. The molecular weight excluding hydrogens is 286 g/mol. The zero-order valence-electron chi connectivity index (χ0n) is 14.1. The van der Waals surface area contributed by atoms with Gasteiger partial charge in [0.15, 0.2) is 6.10 Å². The number of nitrogens with zero attached hydrogens (tertiary/aromatic N) is 1. The Labute approximate surface area is 138 Å². The summed E-state index contributed by atoms with van der Waals surface area (Å²) in [5.74, 6) is 0.770. The molecule has 3 heteroatoms. The van der Waals surface area contributed by atoms with Gasteiger partial charge in [-0.25, -0.2) is 0 Å². The molecule has 1 atom stereocenters. The number of amides is 1. The van der Waals surface area contributed by atoms with Gasteiger partial charge in [0.05, 0.1) is 0 Å². The highest BCUT2D eigenvalue weighted by molar-refractivity contribution is 5.81. The maximum absolute atomic E-state index is 12.9. The standard InChI is InChI=1S/C20H25NO2/c1-4-19(23-18-13-9-6-10-14-18)20(22)21(16(2)3)15-17-11-7-5-8-12-17/h5-14,16,19H,4,15H2,1-3H3. The molecule has 0 fully saturated rings. The summed E-state index contributed by atoms with van der Waals surface area (Å²) in [6, 6.07) is 19.7. The Kier molecular flexibility index (Phi) is 6.21. The normalized spacial score (nSPS) is 12.0. The van der Waals surface area contributed by atoms with Crippen molar-refractivity contribution in [3.8, 4) is 5.75 Å². The molecular formula is C20H25NO2. The van der Waals surface area contributed by atoms with Crippen molar-refractivity contribution in [2.24, 2.45) is 0 Å². The van der Waals surface area contributed by atoms with E-state index in [2.05, 4.69) is 0 Å². The predicted octanol–water partition coefficient (Wildman–Crippen LogP) is 4.28. The van der Waals surface area contributed by atoms with Crippen molar-refractivity contribution in [3.63, 3.8) is 0 Å². The van der Waals surface area contributed by atoms with Gasteiger partial charge in [-0.05, 0) is 38.0 Å². The third-order valence-electron chi connectivity index (χ3n) is 3.77. The Morgan fingerprint density at radius 3 is 2.09 bits per heavy atom. The molecule has 0 N–H and O–H groups in total. The lowest BCUT2D eigenvalue weighted by Gasteiger charge is -2.30. The lowest BCUT2D eigenvalue weighted by atomic mass is 10.1. The van der Waals surface area contributed by atoms with Crippen LogP contribution in [0.1, 0.15) is 32.8 Å². The predicted molar refractivity (Wildman–Crippen MR) is 93.3 cm³/mol. The van der Waals surface area contributed by atoms with E-state index < -0.39 is 6.10 Å². The van der Waals surface area contributed by atoms with Gasteiger partial charge < -0.3 is 9.64 Å². The smallest absolute Gasteiger partial charge is 0.264 e. The Balaban J connectivity index is 2.11. The molecule has 1 amide bonds. The molecule has 0 aliphatic carbocycles. The largest absolute Gasteiger partial charge is 0.481 e. The van der Waals surface area contributed by atoms with Gasteiger partial charge >= 0.3 is 0 Å². The minimum absolute atomic E-state index is 0.0372. The van der Waals surface area contributed by atoms with E-state index in [4.69, 9.17) is 4.74 Å². The van der Waals surface area contributed by atoms with Crippen molar-refractivity contribution in [3.05, 3.63) is 66.2 Å². The number of carbonyl (C=O) groups is 1. The first-order valence-corrected chi connectivity index (χ1v) is 8.18. The quantitative estimate of drug-likeness (QED) is 0.764. The summed E-state index contributed by atoms with van der Waals surface area (Å²) in [6.07, 6.45) is 0.189. The van der Waals surface area contributed by atoms with Crippen molar-refractivity contribution in [2.45, 2.75) is 45.9 Å². The van der Waals surface area contributed by atoms with Crippen LogP contribution in [0.5, 0.6) is 5.75 Å². The first-order valence-electron chi connectivity index (χ1n) is 8.18. The third-order valence-corrected chi connectivity index (χ3v) is 3.77. The minimum atomic E-state index is -0.455. The van der Waals surface area contributed by atoms with E-state index in [0.717, 1.165) is 11.3 Å². The van der Waals surface area contributed by atoms with Crippen LogP contribution >= 0.6 is 0 Å². The first kappa shape index (κ1) is 17.1. The van der Waals surface area contributed by atoms with Gasteiger partial charge in [0.2, 0.25) is 0 Å². The maximum Gasteiger partial charge on any atom is 0.264 e. The molecule has 1 unspecified atom stereocenters. The fourth-order valence-electron chi connectivity index (χ4n) is 2.45. The third kappa shape index (κ3) is 4.85. The topological polar surface area (TPSA) is 29.5 Å². The van der Waals surface area contributed by atoms with Crippen LogP contribution in [-0.2, 0) is 11.3 Å². The molecule has 0 saturated carbocycles. The van der Waals surface area contributed by atoms with E-state index in [1.54, 1.807) is 0 Å². The molecule has 0 spiro atoms. The molecule has 0 bridgehead atoms. The average Bonchev–Trinajstić information content (AvgIpc) is 2.58. The van der Waals surface area contributed by atoms with Gasteiger partial charge in [0, 0.05) is 12.6 Å². The summed E-state index contributed by atoms with van der Waals surface area (Å²) >= 11 is 0. The van der Waals surface area contributed by atoms with Crippen LogP contribution < -0.4 is 4.74 Å². The number of para-hydroxylation sites is 1. The number of ether oxygens (including phenoxy) is 1. The van der Waals surface area contributed by atoms with E-state index in [1.807, 2.05) is 86.3 Å². The maximum atomic E-state index is 12.9. The molecule has 3 nitrogen and oxygen atoms in total. The van der Waals surface area contributed by atoms with Crippen LogP contribution in [0.3, 0.4) is 0 Å². The van der Waals surface area contributed by atoms with Crippen LogP contribution in [0, 0.1) is 0 Å². The second-order valence-corrected chi connectivity index (χ2v) is 5.87. The van der Waals surface area contributed by atoms with Gasteiger partial charge in [-0.15, -0.1) is 0 Å². The molecule has 23 heavy (non-hydrogen) atoms. The van der Waals surface area contributed by atoms with Crippen molar-refractivity contribution in [2.75, 3.05) is 0 Å². The van der Waals surface area contributed by atoms with E-state index in [9.17, 15) is 4.79 Å². The number of carbonyl (C=O) groups excluding carboxylic acids is 1. The van der Waals surface area contributed by atoms with Gasteiger partial charge in [-0.2, -0.15) is 0 Å². The molecule has 0 radical (unpaired) electrons. The molecule has 2 aromatic carbocycles. The first-order chi connectivity index (χ1) is 11.1. The van der Waals surface area contributed by atoms with E-state index in [-0.39, 0.29) is 11.9 Å². The molecule has 0 aromatic heterocycles. The highest BCUT2D eigenvalue weighted by Crippen LogP contribution is 2.17.